The molecule has 1 aromatic rings. The van der Waals surface area contributed by atoms with Crippen molar-refractivity contribution in [3.63, 3.8) is 0 Å². The Morgan fingerprint density at radius 3 is 2.32 bits per heavy atom. The normalized spacial score (nSPS) is 18.9. The number of carbonyl (C=O) groups excluding carboxylic acids is 5. The quantitative estimate of drug-likeness (QED) is 0.0654. The van der Waals surface area contributed by atoms with Gasteiger partial charge in [0.2, 0.25) is 24.1 Å². The van der Waals surface area contributed by atoms with Crippen LogP contribution in [0.5, 0.6) is 0 Å². The number of nitrogens with two attached hydrogens (primary N) is 1. The molecule has 1 aliphatic heterocycles. The molecule has 1 aliphatic carbocycles. The Labute approximate surface area is 334 Å². The third kappa shape index (κ3) is 13.3. The average molecular weight is 785 g/mol. The first-order valence-corrected chi connectivity index (χ1v) is 20.3. The predicted molar refractivity (Wildman–Crippen MR) is 215 cm³/mol. The number of hydrogen-bond acceptors (Lipinski definition) is 10. The number of allylic oxidation sites excluding steroid dienone is 1. The summed E-state index contributed by atoms with van der Waals surface area (Å²) < 4.78 is 17.3. The van der Waals surface area contributed by atoms with Crippen LogP contribution < -0.4 is 21.7 Å². The molecule has 1 saturated carbocycles. The lowest BCUT2D eigenvalue weighted by Gasteiger charge is -2.41. The van der Waals surface area contributed by atoms with Gasteiger partial charge in [0.25, 0.3) is 0 Å². The van der Waals surface area contributed by atoms with E-state index in [2.05, 4.69) is 34.7 Å². The number of benzene rings is 1. The van der Waals surface area contributed by atoms with Crippen molar-refractivity contribution in [2.45, 2.75) is 122 Å². The minimum atomic E-state index is -0.878. The maximum absolute atomic E-state index is 14.2. The second kappa shape index (κ2) is 23.3. The third-order valence-electron chi connectivity index (χ3n) is 11.4. The SMILES string of the molecule is CCC(C)C(C(CC(=O)N1CCCC1C(OC)C(C)C(=O)N[C@@H](Cc1ccccc1)C(=O)NCCCOC(=O)C(N)C(C)C)OC)N(C)C(CNC=O)=C1CC1. The highest BCUT2D eigenvalue weighted by Gasteiger charge is 2.42. The van der Waals surface area contributed by atoms with E-state index in [-0.39, 0.29) is 67.6 Å². The molecule has 56 heavy (non-hydrogen) atoms. The molecular formula is C42H68N6O8. The van der Waals surface area contributed by atoms with Crippen LogP contribution in [0.3, 0.4) is 0 Å². The molecule has 4 amide bonds. The molecule has 7 unspecified atom stereocenters. The summed E-state index contributed by atoms with van der Waals surface area (Å²) in [6.45, 7) is 11.0. The Hall–Kier alpha value is -4.01. The van der Waals surface area contributed by atoms with Gasteiger partial charge in [-0.25, -0.2) is 0 Å². The highest BCUT2D eigenvalue weighted by molar-refractivity contribution is 5.89. The lowest BCUT2D eigenvalue weighted by molar-refractivity contribution is -0.146. The van der Waals surface area contributed by atoms with E-state index in [1.807, 2.05) is 56.1 Å². The van der Waals surface area contributed by atoms with E-state index in [0.717, 1.165) is 36.9 Å². The number of likely N-dealkylation sites (tertiary alicyclic amines) is 1. The van der Waals surface area contributed by atoms with Crippen molar-refractivity contribution in [1.29, 1.82) is 0 Å². The Morgan fingerprint density at radius 2 is 1.73 bits per heavy atom. The first-order chi connectivity index (χ1) is 26.8. The zero-order chi connectivity index (χ0) is 41.4. The molecule has 0 bridgehead atoms. The van der Waals surface area contributed by atoms with Crippen LogP contribution in [0.4, 0.5) is 0 Å². The van der Waals surface area contributed by atoms with Gasteiger partial charge in [0.05, 0.1) is 49.8 Å². The van der Waals surface area contributed by atoms with E-state index in [1.165, 1.54) is 5.57 Å². The molecule has 8 atom stereocenters. The second-order valence-electron chi connectivity index (χ2n) is 15.6. The van der Waals surface area contributed by atoms with Crippen LogP contribution in [-0.4, -0.2) is 124 Å². The van der Waals surface area contributed by atoms with Crippen LogP contribution in [0.1, 0.15) is 85.1 Å². The van der Waals surface area contributed by atoms with Gasteiger partial charge in [0.1, 0.15) is 12.1 Å². The first kappa shape index (κ1) is 46.4. The minimum absolute atomic E-state index is 0.0491. The fourth-order valence-corrected chi connectivity index (χ4v) is 7.64. The van der Waals surface area contributed by atoms with Crippen molar-refractivity contribution >= 4 is 30.1 Å². The van der Waals surface area contributed by atoms with E-state index in [0.29, 0.717) is 32.3 Å². The fourth-order valence-electron chi connectivity index (χ4n) is 7.64. The summed E-state index contributed by atoms with van der Waals surface area (Å²) in [5, 5.41) is 8.66. The molecule has 1 heterocycles. The Bertz CT molecular complexity index is 1450. The summed E-state index contributed by atoms with van der Waals surface area (Å²) in [5.74, 6) is -1.81. The number of ether oxygens (including phenoxy) is 3. The zero-order valence-electron chi connectivity index (χ0n) is 34.9. The van der Waals surface area contributed by atoms with Gasteiger partial charge in [-0.15, -0.1) is 0 Å². The van der Waals surface area contributed by atoms with Gasteiger partial charge in [0, 0.05) is 46.5 Å². The van der Waals surface area contributed by atoms with E-state index in [4.69, 9.17) is 19.9 Å². The Balaban J connectivity index is 1.70. The molecule has 0 spiro atoms. The lowest BCUT2D eigenvalue weighted by atomic mass is 9.90. The molecular weight excluding hydrogens is 716 g/mol. The van der Waals surface area contributed by atoms with Crippen LogP contribution in [0.2, 0.25) is 0 Å². The van der Waals surface area contributed by atoms with Gasteiger partial charge in [0.15, 0.2) is 0 Å². The molecule has 1 aromatic carbocycles. The summed E-state index contributed by atoms with van der Waals surface area (Å²) in [5.41, 5.74) is 9.12. The van der Waals surface area contributed by atoms with Gasteiger partial charge >= 0.3 is 5.97 Å². The summed E-state index contributed by atoms with van der Waals surface area (Å²) in [6.07, 6.45) is 4.77. The number of methoxy groups -OCH3 is 2. The molecule has 314 valence electrons. The Morgan fingerprint density at radius 1 is 1.04 bits per heavy atom. The first-order valence-electron chi connectivity index (χ1n) is 20.3. The number of nitrogens with zero attached hydrogens (tertiary/aromatic N) is 2. The van der Waals surface area contributed by atoms with Crippen LogP contribution in [0, 0.1) is 17.8 Å². The monoisotopic (exact) mass is 785 g/mol. The number of rotatable bonds is 25. The molecule has 14 heteroatoms. The highest BCUT2D eigenvalue weighted by atomic mass is 16.5. The fraction of sp³-hybridized carbons (Fsp3) is 0.690. The number of hydrogen-bond donors (Lipinski definition) is 4. The molecule has 0 radical (unpaired) electrons. The lowest BCUT2D eigenvalue weighted by Crippen LogP contribution is -2.54. The Kier molecular flexibility index (Phi) is 19.3. The summed E-state index contributed by atoms with van der Waals surface area (Å²) in [4.78, 5) is 69.0. The molecule has 14 nitrogen and oxygen atoms in total. The standard InChI is InChI=1S/C42H68N6O8/c1-9-28(4)38(47(6)34(25-44-26-49)31-18-19-31)35(54-7)24-36(50)48-21-13-17-33(48)39(55-8)29(5)40(51)46-32(23-30-15-11-10-12-16-30)41(52)45-20-14-22-56-42(53)37(43)27(2)3/h10-12,15-16,26-29,32-33,35,37-39H,9,13-14,17-25,43H2,1-8H3,(H,44,49)(H,45,52)(H,46,51)/t28?,29?,32-,33?,35?,37?,38?,39?/m0/s1. The summed E-state index contributed by atoms with van der Waals surface area (Å²) in [7, 11) is 5.21. The largest absolute Gasteiger partial charge is 0.464 e. The molecule has 1 saturated heterocycles. The third-order valence-corrected chi connectivity index (χ3v) is 11.4. The van der Waals surface area contributed by atoms with Crippen LogP contribution in [-0.2, 0) is 44.6 Å². The zero-order valence-corrected chi connectivity index (χ0v) is 34.9. The van der Waals surface area contributed by atoms with Gasteiger partial charge in [-0.2, -0.15) is 0 Å². The highest BCUT2D eigenvalue weighted by Crippen LogP contribution is 2.36. The van der Waals surface area contributed by atoms with E-state index >= 15 is 0 Å². The number of amides is 4. The topological polar surface area (TPSA) is 182 Å². The summed E-state index contributed by atoms with van der Waals surface area (Å²) >= 11 is 0. The van der Waals surface area contributed by atoms with Crippen molar-refractivity contribution in [3.8, 4) is 0 Å². The number of esters is 1. The van der Waals surface area contributed by atoms with Crippen molar-refractivity contribution in [2.24, 2.45) is 23.5 Å². The van der Waals surface area contributed by atoms with Crippen molar-refractivity contribution in [2.75, 3.05) is 47.5 Å². The molecule has 3 rings (SSSR count). The maximum atomic E-state index is 14.2. The van der Waals surface area contributed by atoms with E-state index in [1.54, 1.807) is 21.1 Å². The summed E-state index contributed by atoms with van der Waals surface area (Å²) in [6, 6.07) is 7.40. The molecule has 2 fully saturated rings. The second-order valence-corrected chi connectivity index (χ2v) is 15.6. The van der Waals surface area contributed by atoms with Crippen LogP contribution in [0.15, 0.2) is 41.6 Å². The van der Waals surface area contributed by atoms with Gasteiger partial charge in [-0.3, -0.25) is 24.0 Å². The molecule has 2 aliphatic rings. The average Bonchev–Trinajstić information content (AvgIpc) is 3.92. The predicted octanol–water partition coefficient (Wildman–Crippen LogP) is 2.93. The number of carbonyl (C=O) groups is 5. The van der Waals surface area contributed by atoms with E-state index in [9.17, 15) is 24.0 Å². The van der Waals surface area contributed by atoms with Crippen molar-refractivity contribution in [1.82, 2.24) is 25.8 Å². The maximum Gasteiger partial charge on any atom is 0.323 e. The van der Waals surface area contributed by atoms with Crippen LogP contribution in [0.25, 0.3) is 0 Å². The van der Waals surface area contributed by atoms with E-state index < -0.39 is 36.2 Å². The molecule has 5 N–H and O–H groups in total. The van der Waals surface area contributed by atoms with Crippen molar-refractivity contribution in [3.05, 3.63) is 47.2 Å². The van der Waals surface area contributed by atoms with Gasteiger partial charge in [-0.05, 0) is 55.1 Å². The molecule has 0 aromatic heterocycles. The van der Waals surface area contributed by atoms with Gasteiger partial charge in [-0.1, -0.05) is 71.4 Å². The van der Waals surface area contributed by atoms with Crippen molar-refractivity contribution < 1.29 is 38.2 Å². The van der Waals surface area contributed by atoms with Crippen LogP contribution >= 0.6 is 0 Å². The number of likely N-dealkylation sites (N-methyl/N-ethyl adjacent to an activating group) is 1. The number of nitrogens with one attached hydrogen (secondary N) is 3. The minimum Gasteiger partial charge on any atom is -0.464 e. The van der Waals surface area contributed by atoms with Gasteiger partial charge < -0.3 is 45.7 Å². The smallest absolute Gasteiger partial charge is 0.323 e.